The summed E-state index contributed by atoms with van der Waals surface area (Å²) >= 11 is 6.79. The van der Waals surface area contributed by atoms with Crippen molar-refractivity contribution in [3.05, 3.63) is 40.2 Å². The minimum absolute atomic E-state index is 0.128. The van der Waals surface area contributed by atoms with E-state index in [1.807, 2.05) is 18.7 Å². The van der Waals surface area contributed by atoms with Gasteiger partial charge in [0.05, 0.1) is 23.8 Å². The van der Waals surface area contributed by atoms with Gasteiger partial charge in [-0.2, -0.15) is 0 Å². The van der Waals surface area contributed by atoms with Crippen LogP contribution in [0.25, 0.3) is 0 Å². The molecule has 2 aromatic rings. The van der Waals surface area contributed by atoms with Crippen LogP contribution in [-0.2, 0) is 4.74 Å². The number of amides is 2. The Balaban J connectivity index is 1.73. The van der Waals surface area contributed by atoms with E-state index in [1.54, 1.807) is 28.9 Å². The molecule has 178 valence electrons. The Labute approximate surface area is 202 Å². The number of nitrogens with zero attached hydrogens (tertiary/aromatic N) is 3. The molecule has 1 aliphatic heterocycles. The Morgan fingerprint density at radius 2 is 1.82 bits per heavy atom. The van der Waals surface area contributed by atoms with Crippen LogP contribution in [0.3, 0.4) is 0 Å². The number of thiocarbonyl (C=S) groups is 1. The third-order valence-corrected chi connectivity index (χ3v) is 7.14. The molecule has 0 bridgehead atoms. The number of anilines is 1. The van der Waals surface area contributed by atoms with Gasteiger partial charge in [-0.3, -0.25) is 9.59 Å². The van der Waals surface area contributed by atoms with E-state index in [4.69, 9.17) is 21.4 Å². The highest BCUT2D eigenvalue weighted by molar-refractivity contribution is 7.80. The second-order valence-corrected chi connectivity index (χ2v) is 8.82. The first kappa shape index (κ1) is 24.7. The van der Waals surface area contributed by atoms with Crippen LogP contribution in [0.4, 0.5) is 5.00 Å². The fourth-order valence-corrected chi connectivity index (χ4v) is 5.16. The fourth-order valence-electron chi connectivity index (χ4n) is 3.65. The van der Waals surface area contributed by atoms with Gasteiger partial charge >= 0.3 is 5.97 Å². The number of carbonyl (C=O) groups excluding carboxylic acids is 3. The third-order valence-electron chi connectivity index (χ3n) is 5.59. The molecule has 1 fully saturated rings. The highest BCUT2D eigenvalue weighted by atomic mass is 32.1. The number of methoxy groups -OCH3 is 1. The van der Waals surface area contributed by atoms with Crippen molar-refractivity contribution in [2.75, 3.05) is 51.7 Å². The standard InChI is InChI=1S/C22H28N4O5S2/c1-5-24(6-2)20(28)17-14(3)16(21(29)30-4)18(33-17)23-22(32)26-11-9-25(10-12-26)19(27)15-8-7-13-31-15/h7-8,13H,5-6,9-12H2,1-4H3,(H,23,32). The molecule has 0 aliphatic carbocycles. The molecular formula is C22H28N4O5S2. The topological polar surface area (TPSA) is 95.3 Å². The van der Waals surface area contributed by atoms with E-state index < -0.39 is 5.97 Å². The maximum absolute atomic E-state index is 13.0. The number of carbonyl (C=O) groups is 3. The molecule has 3 rings (SSSR count). The lowest BCUT2D eigenvalue weighted by atomic mass is 10.1. The molecule has 0 radical (unpaired) electrons. The highest BCUT2D eigenvalue weighted by Gasteiger charge is 2.29. The van der Waals surface area contributed by atoms with Gasteiger partial charge in [0, 0.05) is 39.3 Å². The zero-order valence-corrected chi connectivity index (χ0v) is 20.8. The first-order valence-corrected chi connectivity index (χ1v) is 11.9. The van der Waals surface area contributed by atoms with Gasteiger partial charge in [-0.1, -0.05) is 0 Å². The lowest BCUT2D eigenvalue weighted by Gasteiger charge is -2.35. The van der Waals surface area contributed by atoms with Crippen LogP contribution < -0.4 is 5.32 Å². The van der Waals surface area contributed by atoms with Crippen LogP contribution in [0.5, 0.6) is 0 Å². The molecule has 0 aromatic carbocycles. The molecule has 1 N–H and O–H groups in total. The van der Waals surface area contributed by atoms with Crippen molar-refractivity contribution in [1.82, 2.24) is 14.7 Å². The summed E-state index contributed by atoms with van der Waals surface area (Å²) in [6, 6.07) is 3.33. The van der Waals surface area contributed by atoms with Gasteiger partial charge in [0.25, 0.3) is 11.8 Å². The van der Waals surface area contributed by atoms with Crippen molar-refractivity contribution in [3.63, 3.8) is 0 Å². The number of piperazine rings is 1. The number of hydrogen-bond donors (Lipinski definition) is 1. The minimum Gasteiger partial charge on any atom is -0.465 e. The van der Waals surface area contributed by atoms with Gasteiger partial charge < -0.3 is 29.2 Å². The van der Waals surface area contributed by atoms with Gasteiger partial charge in [0.1, 0.15) is 5.00 Å². The number of furan rings is 1. The minimum atomic E-state index is -0.526. The number of esters is 1. The second kappa shape index (κ2) is 10.8. The van der Waals surface area contributed by atoms with Gasteiger partial charge in [0.15, 0.2) is 10.9 Å². The molecule has 0 unspecified atom stereocenters. The van der Waals surface area contributed by atoms with Gasteiger partial charge in [-0.15, -0.1) is 11.3 Å². The Bertz CT molecular complexity index is 1020. The summed E-state index contributed by atoms with van der Waals surface area (Å²) in [5, 5.41) is 4.05. The summed E-state index contributed by atoms with van der Waals surface area (Å²) in [4.78, 5) is 43.8. The quantitative estimate of drug-likeness (QED) is 0.486. The smallest absolute Gasteiger partial charge is 0.341 e. The summed E-state index contributed by atoms with van der Waals surface area (Å²) in [5.74, 6) is -0.496. The van der Waals surface area contributed by atoms with Crippen LogP contribution in [0.15, 0.2) is 22.8 Å². The molecule has 1 saturated heterocycles. The zero-order chi connectivity index (χ0) is 24.1. The summed E-state index contributed by atoms with van der Waals surface area (Å²) in [7, 11) is 1.31. The summed E-state index contributed by atoms with van der Waals surface area (Å²) in [6.45, 7) is 8.74. The van der Waals surface area contributed by atoms with Gasteiger partial charge in [0.2, 0.25) is 0 Å². The number of rotatable bonds is 6. The van der Waals surface area contributed by atoms with E-state index in [9.17, 15) is 14.4 Å². The Morgan fingerprint density at radius 3 is 2.36 bits per heavy atom. The first-order valence-electron chi connectivity index (χ1n) is 10.7. The zero-order valence-electron chi connectivity index (χ0n) is 19.2. The average molecular weight is 493 g/mol. The second-order valence-electron chi connectivity index (χ2n) is 7.42. The maximum atomic E-state index is 13.0. The average Bonchev–Trinajstić information content (AvgIpc) is 3.47. The summed E-state index contributed by atoms with van der Waals surface area (Å²) in [5.41, 5.74) is 0.884. The van der Waals surface area contributed by atoms with Crippen LogP contribution in [0.1, 0.15) is 50.0 Å². The van der Waals surface area contributed by atoms with E-state index in [-0.39, 0.29) is 11.8 Å². The van der Waals surface area contributed by atoms with Crippen LogP contribution >= 0.6 is 23.6 Å². The number of nitrogens with one attached hydrogen (secondary N) is 1. The molecule has 2 aromatic heterocycles. The van der Waals surface area contributed by atoms with E-state index in [0.29, 0.717) is 71.1 Å². The molecular weight excluding hydrogens is 464 g/mol. The fraction of sp³-hybridized carbons (Fsp3) is 0.455. The normalized spacial score (nSPS) is 13.6. The van der Waals surface area contributed by atoms with Crippen molar-refractivity contribution in [3.8, 4) is 0 Å². The molecule has 0 saturated carbocycles. The van der Waals surface area contributed by atoms with Crippen LogP contribution in [-0.4, -0.2) is 84.0 Å². The third kappa shape index (κ3) is 5.19. The van der Waals surface area contributed by atoms with Crippen LogP contribution in [0.2, 0.25) is 0 Å². The summed E-state index contributed by atoms with van der Waals surface area (Å²) < 4.78 is 10.2. The molecule has 3 heterocycles. The predicted molar refractivity (Wildman–Crippen MR) is 130 cm³/mol. The molecule has 1 aliphatic rings. The first-order chi connectivity index (χ1) is 15.8. The SMILES string of the molecule is CCN(CC)C(=O)c1sc(NC(=S)N2CCN(C(=O)c3ccco3)CC2)c(C(=O)OC)c1C. The molecule has 11 heteroatoms. The Kier molecular flexibility index (Phi) is 8.09. The molecule has 33 heavy (non-hydrogen) atoms. The lowest BCUT2D eigenvalue weighted by molar-refractivity contribution is 0.0600. The van der Waals surface area contributed by atoms with Crippen molar-refractivity contribution in [1.29, 1.82) is 0 Å². The van der Waals surface area contributed by atoms with Crippen molar-refractivity contribution >= 4 is 51.5 Å². The Morgan fingerprint density at radius 1 is 1.18 bits per heavy atom. The number of thiophene rings is 1. The predicted octanol–water partition coefficient (Wildman–Crippen LogP) is 3.07. The molecule has 9 nitrogen and oxygen atoms in total. The van der Waals surface area contributed by atoms with E-state index in [2.05, 4.69) is 5.32 Å². The molecule has 2 amide bonds. The maximum Gasteiger partial charge on any atom is 0.341 e. The van der Waals surface area contributed by atoms with Crippen molar-refractivity contribution < 1.29 is 23.5 Å². The van der Waals surface area contributed by atoms with Crippen LogP contribution in [0, 0.1) is 6.92 Å². The summed E-state index contributed by atoms with van der Waals surface area (Å²) in [6.07, 6.45) is 1.48. The Hall–Kier alpha value is -2.92. The highest BCUT2D eigenvalue weighted by Crippen LogP contribution is 2.35. The lowest BCUT2D eigenvalue weighted by Crippen LogP contribution is -2.51. The molecule has 0 atom stereocenters. The van der Waals surface area contributed by atoms with E-state index in [0.717, 1.165) is 0 Å². The largest absolute Gasteiger partial charge is 0.465 e. The monoisotopic (exact) mass is 492 g/mol. The van der Waals surface area contributed by atoms with Crippen molar-refractivity contribution in [2.24, 2.45) is 0 Å². The van der Waals surface area contributed by atoms with E-state index in [1.165, 1.54) is 24.7 Å². The number of hydrogen-bond acceptors (Lipinski definition) is 7. The van der Waals surface area contributed by atoms with Crippen molar-refractivity contribution in [2.45, 2.75) is 20.8 Å². The van der Waals surface area contributed by atoms with Gasteiger partial charge in [-0.25, -0.2) is 4.79 Å². The number of ether oxygens (including phenoxy) is 1. The molecule has 0 spiro atoms. The van der Waals surface area contributed by atoms with Gasteiger partial charge in [-0.05, 0) is 50.7 Å². The van der Waals surface area contributed by atoms with E-state index >= 15 is 0 Å².